The number of esters is 1. The summed E-state index contributed by atoms with van der Waals surface area (Å²) in [5.41, 5.74) is 6.61. The van der Waals surface area contributed by atoms with E-state index < -0.39 is 17.8 Å². The molecule has 1 heterocycles. The van der Waals surface area contributed by atoms with Crippen LogP contribution in [0.5, 0.6) is 5.75 Å². The first-order valence-corrected chi connectivity index (χ1v) is 10.6. The fourth-order valence-corrected chi connectivity index (χ4v) is 3.35. The van der Waals surface area contributed by atoms with E-state index in [1.807, 2.05) is 44.2 Å². The fourth-order valence-electron chi connectivity index (χ4n) is 3.35. The number of amides is 2. The average molecular weight is 463 g/mol. The van der Waals surface area contributed by atoms with Gasteiger partial charge >= 0.3 is 17.8 Å². The number of methoxy groups -OCH3 is 1. The van der Waals surface area contributed by atoms with Crippen molar-refractivity contribution in [2.75, 3.05) is 19.0 Å². The van der Waals surface area contributed by atoms with E-state index >= 15 is 0 Å². The number of anilines is 1. The molecule has 34 heavy (non-hydrogen) atoms. The maximum atomic E-state index is 12.1. The number of rotatable bonds is 7. The molecule has 0 aliphatic carbocycles. The molecule has 9 heteroatoms. The molecule has 2 N–H and O–H groups in total. The Bertz CT molecular complexity index is 1210. The van der Waals surface area contributed by atoms with E-state index in [4.69, 9.17) is 9.47 Å². The van der Waals surface area contributed by atoms with Gasteiger partial charge < -0.3 is 19.4 Å². The Labute approximate surface area is 197 Å². The molecule has 0 bridgehead atoms. The summed E-state index contributed by atoms with van der Waals surface area (Å²) < 4.78 is 12.2. The number of carbonyl (C=O) groups is 3. The van der Waals surface area contributed by atoms with Crippen molar-refractivity contribution in [2.24, 2.45) is 5.10 Å². The average Bonchev–Trinajstić information content (AvgIpc) is 3.12. The molecule has 0 aliphatic rings. The van der Waals surface area contributed by atoms with E-state index in [1.165, 1.54) is 30.5 Å². The molecule has 0 aliphatic heterocycles. The molecule has 0 saturated heterocycles. The Morgan fingerprint density at radius 3 is 2.29 bits per heavy atom. The molecule has 3 rings (SSSR count). The molecule has 3 aromatic rings. The number of hydrazone groups is 1. The Morgan fingerprint density at radius 1 is 1.00 bits per heavy atom. The van der Waals surface area contributed by atoms with Gasteiger partial charge in [-0.05, 0) is 75.4 Å². The Hall–Kier alpha value is -4.40. The minimum atomic E-state index is -0.922. The van der Waals surface area contributed by atoms with Crippen molar-refractivity contribution < 1.29 is 23.9 Å². The number of aromatic nitrogens is 1. The molecule has 176 valence electrons. The molecule has 0 unspecified atom stereocenters. The van der Waals surface area contributed by atoms with Crippen molar-refractivity contribution in [1.82, 2.24) is 9.99 Å². The summed E-state index contributed by atoms with van der Waals surface area (Å²) >= 11 is 0. The molecule has 0 saturated carbocycles. The molecule has 0 atom stereocenters. The van der Waals surface area contributed by atoms with Crippen LogP contribution >= 0.6 is 0 Å². The SMILES string of the molecule is CCOC(=O)c1ccc(NC(=O)C(=O)N/N=C\c2cc(C)n(-c3ccc(OC)cc3)c2C)cc1. The smallest absolute Gasteiger partial charge is 0.338 e. The van der Waals surface area contributed by atoms with Crippen LogP contribution in [0, 0.1) is 13.8 Å². The number of nitrogens with one attached hydrogen (secondary N) is 2. The maximum absolute atomic E-state index is 12.1. The zero-order valence-electron chi connectivity index (χ0n) is 19.4. The van der Waals surface area contributed by atoms with Crippen LogP contribution < -0.4 is 15.5 Å². The molecule has 0 fully saturated rings. The summed E-state index contributed by atoms with van der Waals surface area (Å²) in [6, 6.07) is 15.6. The number of hydrogen-bond donors (Lipinski definition) is 2. The second kappa shape index (κ2) is 11.0. The van der Waals surface area contributed by atoms with Gasteiger partial charge in [0.2, 0.25) is 0 Å². The number of hydrogen-bond acceptors (Lipinski definition) is 6. The van der Waals surface area contributed by atoms with E-state index in [-0.39, 0.29) is 6.61 Å². The van der Waals surface area contributed by atoms with Crippen LogP contribution in [0.4, 0.5) is 5.69 Å². The Balaban J connectivity index is 1.61. The second-order valence-corrected chi connectivity index (χ2v) is 7.31. The summed E-state index contributed by atoms with van der Waals surface area (Å²) in [7, 11) is 1.62. The van der Waals surface area contributed by atoms with Crippen molar-refractivity contribution in [3.8, 4) is 11.4 Å². The van der Waals surface area contributed by atoms with Crippen LogP contribution in [-0.2, 0) is 14.3 Å². The van der Waals surface area contributed by atoms with Gasteiger partial charge in [0.15, 0.2) is 0 Å². The topological polar surface area (TPSA) is 111 Å². The standard InChI is InChI=1S/C25H26N4O5/c1-5-34-25(32)18-6-8-20(9-7-18)27-23(30)24(31)28-26-15-19-14-16(2)29(17(19)3)21-10-12-22(33-4)13-11-21/h6-15H,5H2,1-4H3,(H,27,30)(H,28,31)/b26-15-. The third-order valence-electron chi connectivity index (χ3n) is 5.03. The van der Waals surface area contributed by atoms with Crippen molar-refractivity contribution >= 4 is 29.7 Å². The third kappa shape index (κ3) is 5.69. The normalized spacial score (nSPS) is 10.7. The van der Waals surface area contributed by atoms with E-state index in [9.17, 15) is 14.4 Å². The molecule has 0 spiro atoms. The van der Waals surface area contributed by atoms with Gasteiger partial charge in [0.1, 0.15) is 5.75 Å². The van der Waals surface area contributed by atoms with Crippen LogP contribution in [0.2, 0.25) is 0 Å². The molecule has 1 aromatic heterocycles. The summed E-state index contributed by atoms with van der Waals surface area (Å²) in [6.45, 7) is 5.89. The van der Waals surface area contributed by atoms with Gasteiger partial charge in [-0.3, -0.25) is 9.59 Å². The Morgan fingerprint density at radius 2 is 1.68 bits per heavy atom. The quantitative estimate of drug-likeness (QED) is 0.242. The van der Waals surface area contributed by atoms with Crippen LogP contribution in [0.1, 0.15) is 34.2 Å². The summed E-state index contributed by atoms with van der Waals surface area (Å²) in [4.78, 5) is 35.9. The lowest BCUT2D eigenvalue weighted by Crippen LogP contribution is -2.32. The molecule has 2 aromatic carbocycles. The minimum Gasteiger partial charge on any atom is -0.497 e. The molecule has 0 radical (unpaired) electrons. The maximum Gasteiger partial charge on any atom is 0.338 e. The van der Waals surface area contributed by atoms with E-state index in [0.717, 1.165) is 28.4 Å². The van der Waals surface area contributed by atoms with Gasteiger partial charge in [-0.2, -0.15) is 5.10 Å². The van der Waals surface area contributed by atoms with Crippen molar-refractivity contribution in [2.45, 2.75) is 20.8 Å². The van der Waals surface area contributed by atoms with E-state index in [0.29, 0.717) is 11.3 Å². The first-order chi connectivity index (χ1) is 16.3. The number of aryl methyl sites for hydroxylation is 1. The van der Waals surface area contributed by atoms with Gasteiger partial charge in [0.25, 0.3) is 0 Å². The molecule has 9 nitrogen and oxygen atoms in total. The van der Waals surface area contributed by atoms with Gasteiger partial charge in [0.05, 0.1) is 25.5 Å². The van der Waals surface area contributed by atoms with Gasteiger partial charge in [-0.25, -0.2) is 10.2 Å². The predicted octanol–water partition coefficient (Wildman–Crippen LogP) is 3.37. The van der Waals surface area contributed by atoms with Gasteiger partial charge in [-0.1, -0.05) is 0 Å². The molecular weight excluding hydrogens is 436 g/mol. The lowest BCUT2D eigenvalue weighted by molar-refractivity contribution is -0.136. The number of nitrogens with zero attached hydrogens (tertiary/aromatic N) is 2. The van der Waals surface area contributed by atoms with Crippen LogP contribution in [0.15, 0.2) is 59.7 Å². The summed E-state index contributed by atoms with van der Waals surface area (Å²) in [6.07, 6.45) is 1.49. The summed E-state index contributed by atoms with van der Waals surface area (Å²) in [5.74, 6) is -1.50. The van der Waals surface area contributed by atoms with Crippen LogP contribution in [0.25, 0.3) is 5.69 Å². The van der Waals surface area contributed by atoms with Crippen molar-refractivity contribution in [3.05, 3.63) is 77.1 Å². The Kier molecular flexibility index (Phi) is 7.81. The first-order valence-electron chi connectivity index (χ1n) is 10.6. The highest BCUT2D eigenvalue weighted by Gasteiger charge is 2.14. The third-order valence-corrected chi connectivity index (χ3v) is 5.03. The van der Waals surface area contributed by atoms with Crippen molar-refractivity contribution in [1.29, 1.82) is 0 Å². The first kappa shape index (κ1) is 24.2. The molecular formula is C25H26N4O5. The number of carbonyl (C=O) groups excluding carboxylic acids is 3. The monoisotopic (exact) mass is 462 g/mol. The number of benzene rings is 2. The van der Waals surface area contributed by atoms with Crippen LogP contribution in [0.3, 0.4) is 0 Å². The lowest BCUT2D eigenvalue weighted by Gasteiger charge is -2.10. The van der Waals surface area contributed by atoms with E-state index in [2.05, 4.69) is 20.4 Å². The van der Waals surface area contributed by atoms with Gasteiger partial charge in [0, 0.05) is 28.3 Å². The van der Waals surface area contributed by atoms with Crippen molar-refractivity contribution in [3.63, 3.8) is 0 Å². The minimum absolute atomic E-state index is 0.267. The zero-order valence-corrected chi connectivity index (χ0v) is 19.4. The number of ether oxygens (including phenoxy) is 2. The van der Waals surface area contributed by atoms with E-state index in [1.54, 1.807) is 14.0 Å². The largest absolute Gasteiger partial charge is 0.497 e. The molecule has 2 amide bonds. The zero-order chi connectivity index (χ0) is 24.7. The van der Waals surface area contributed by atoms with Gasteiger partial charge in [-0.15, -0.1) is 0 Å². The fraction of sp³-hybridized carbons (Fsp3) is 0.200. The highest BCUT2D eigenvalue weighted by molar-refractivity contribution is 6.39. The van der Waals surface area contributed by atoms with Crippen LogP contribution in [-0.4, -0.2) is 42.3 Å². The second-order valence-electron chi connectivity index (χ2n) is 7.31. The predicted molar refractivity (Wildman–Crippen MR) is 129 cm³/mol. The summed E-state index contributed by atoms with van der Waals surface area (Å²) in [5, 5.41) is 6.37. The highest BCUT2D eigenvalue weighted by Crippen LogP contribution is 2.22. The highest BCUT2D eigenvalue weighted by atomic mass is 16.5. The lowest BCUT2D eigenvalue weighted by atomic mass is 10.2.